The van der Waals surface area contributed by atoms with E-state index in [9.17, 15) is 18.0 Å². The lowest BCUT2D eigenvalue weighted by Gasteiger charge is -2.29. The molecule has 162 valence electrons. The summed E-state index contributed by atoms with van der Waals surface area (Å²) in [5, 5.41) is 3.07. The smallest absolute Gasteiger partial charge is 0.339 e. The fourth-order valence-corrected chi connectivity index (χ4v) is 4.46. The zero-order chi connectivity index (χ0) is 22.6. The number of benzene rings is 2. The standard InChI is InChI=1S/C20H22Cl2N2O5S/c1-5-29-20(26)16-9-8-15(11-17(16)22)23-19(25)13(3)24(30(4,27)28)18-10-14(21)7-6-12(18)2/h6-11,13H,5H2,1-4H3,(H,23,25)/t13-/m1/s1. The first-order valence-corrected chi connectivity index (χ1v) is 11.6. The van der Waals surface area contributed by atoms with Crippen LogP contribution in [0.2, 0.25) is 10.0 Å². The van der Waals surface area contributed by atoms with Gasteiger partial charge in [-0.25, -0.2) is 13.2 Å². The van der Waals surface area contributed by atoms with Gasteiger partial charge in [0.05, 0.1) is 29.1 Å². The number of hydrogen-bond acceptors (Lipinski definition) is 5. The van der Waals surface area contributed by atoms with E-state index in [1.807, 2.05) is 0 Å². The Balaban J connectivity index is 2.31. The van der Waals surface area contributed by atoms with E-state index >= 15 is 0 Å². The fraction of sp³-hybridized carbons (Fsp3) is 0.300. The van der Waals surface area contributed by atoms with E-state index in [-0.39, 0.29) is 17.2 Å². The summed E-state index contributed by atoms with van der Waals surface area (Å²) < 4.78 is 30.8. The molecule has 2 aromatic rings. The summed E-state index contributed by atoms with van der Waals surface area (Å²) in [5.41, 5.74) is 1.42. The number of nitrogens with one attached hydrogen (secondary N) is 1. The molecule has 0 radical (unpaired) electrons. The van der Waals surface area contributed by atoms with Crippen LogP contribution in [0.1, 0.15) is 29.8 Å². The molecule has 2 rings (SSSR count). The maximum absolute atomic E-state index is 12.8. The average molecular weight is 473 g/mol. The molecule has 0 aromatic heterocycles. The van der Waals surface area contributed by atoms with Crippen LogP contribution in [0.4, 0.5) is 11.4 Å². The third-order valence-corrected chi connectivity index (χ3v) is 6.00. The number of aryl methyl sites for hydroxylation is 1. The second-order valence-corrected chi connectivity index (χ2v) is 9.27. The molecule has 0 aliphatic carbocycles. The van der Waals surface area contributed by atoms with Gasteiger partial charge in [-0.15, -0.1) is 0 Å². The van der Waals surface area contributed by atoms with Crippen LogP contribution in [0.15, 0.2) is 36.4 Å². The summed E-state index contributed by atoms with van der Waals surface area (Å²) >= 11 is 12.1. The lowest BCUT2D eigenvalue weighted by atomic mass is 10.1. The van der Waals surface area contributed by atoms with E-state index < -0.39 is 27.9 Å². The Bertz CT molecular complexity index is 1070. The lowest BCUT2D eigenvalue weighted by Crippen LogP contribution is -2.45. The summed E-state index contributed by atoms with van der Waals surface area (Å²) in [4.78, 5) is 24.7. The van der Waals surface area contributed by atoms with Crippen LogP contribution in [0, 0.1) is 6.92 Å². The molecule has 0 saturated heterocycles. The normalized spacial score (nSPS) is 12.2. The molecule has 0 spiro atoms. The topological polar surface area (TPSA) is 92.8 Å². The number of hydrogen-bond donors (Lipinski definition) is 1. The molecule has 0 saturated carbocycles. The highest BCUT2D eigenvalue weighted by Gasteiger charge is 2.30. The third kappa shape index (κ3) is 5.65. The largest absolute Gasteiger partial charge is 0.462 e. The van der Waals surface area contributed by atoms with Gasteiger partial charge in [0.25, 0.3) is 0 Å². The third-order valence-electron chi connectivity index (χ3n) is 4.23. The number of esters is 1. The number of sulfonamides is 1. The number of anilines is 2. The SMILES string of the molecule is CCOC(=O)c1ccc(NC(=O)[C@@H](C)N(c2cc(Cl)ccc2C)S(C)(=O)=O)cc1Cl. The Hall–Kier alpha value is -2.29. The van der Waals surface area contributed by atoms with Crippen molar-refractivity contribution < 1.29 is 22.7 Å². The van der Waals surface area contributed by atoms with Crippen molar-refractivity contribution in [3.05, 3.63) is 57.6 Å². The summed E-state index contributed by atoms with van der Waals surface area (Å²) in [6.45, 7) is 5.07. The monoisotopic (exact) mass is 472 g/mol. The molecule has 1 N–H and O–H groups in total. The second-order valence-electron chi connectivity index (χ2n) is 6.57. The minimum atomic E-state index is -3.80. The maximum atomic E-state index is 12.8. The Morgan fingerprint density at radius 3 is 2.40 bits per heavy atom. The molecule has 1 amide bonds. The van der Waals surface area contributed by atoms with Gasteiger partial charge in [-0.3, -0.25) is 9.10 Å². The van der Waals surface area contributed by atoms with Gasteiger partial charge >= 0.3 is 5.97 Å². The molecule has 30 heavy (non-hydrogen) atoms. The molecular weight excluding hydrogens is 451 g/mol. The molecule has 0 aliphatic heterocycles. The summed E-state index contributed by atoms with van der Waals surface area (Å²) in [6, 6.07) is 8.03. The Morgan fingerprint density at radius 2 is 1.83 bits per heavy atom. The summed E-state index contributed by atoms with van der Waals surface area (Å²) in [5.74, 6) is -1.16. The number of halogens is 2. The molecule has 0 unspecified atom stereocenters. The van der Waals surface area contributed by atoms with Crippen LogP contribution < -0.4 is 9.62 Å². The molecule has 0 aliphatic rings. The van der Waals surface area contributed by atoms with Gasteiger partial charge in [0.15, 0.2) is 0 Å². The van der Waals surface area contributed by atoms with Crippen LogP contribution in [0.25, 0.3) is 0 Å². The van der Waals surface area contributed by atoms with E-state index in [2.05, 4.69) is 5.32 Å². The van der Waals surface area contributed by atoms with Gasteiger partial charge in [0.2, 0.25) is 15.9 Å². The molecule has 1 atom stereocenters. The highest BCUT2D eigenvalue weighted by molar-refractivity contribution is 7.92. The zero-order valence-electron chi connectivity index (χ0n) is 16.9. The van der Waals surface area contributed by atoms with E-state index in [0.717, 1.165) is 10.6 Å². The molecule has 10 heteroatoms. The highest BCUT2D eigenvalue weighted by Crippen LogP contribution is 2.29. The van der Waals surface area contributed by atoms with Crippen molar-refractivity contribution in [3.8, 4) is 0 Å². The minimum Gasteiger partial charge on any atom is -0.462 e. The number of nitrogens with zero attached hydrogens (tertiary/aromatic N) is 1. The second kappa shape index (κ2) is 9.68. The van der Waals surface area contributed by atoms with Gasteiger partial charge in [0, 0.05) is 10.7 Å². The number of amides is 1. The maximum Gasteiger partial charge on any atom is 0.339 e. The van der Waals surface area contributed by atoms with Crippen molar-refractivity contribution in [2.45, 2.75) is 26.8 Å². The number of carbonyl (C=O) groups excluding carboxylic acids is 2. The first-order chi connectivity index (χ1) is 14.0. The van der Waals surface area contributed by atoms with Crippen molar-refractivity contribution >= 4 is 56.5 Å². The number of ether oxygens (including phenoxy) is 1. The molecule has 0 bridgehead atoms. The quantitative estimate of drug-likeness (QED) is 0.607. The van der Waals surface area contributed by atoms with Crippen molar-refractivity contribution in [2.75, 3.05) is 22.5 Å². The van der Waals surface area contributed by atoms with E-state index in [0.29, 0.717) is 22.0 Å². The van der Waals surface area contributed by atoms with Gasteiger partial charge in [-0.1, -0.05) is 29.3 Å². The Kier molecular flexibility index (Phi) is 7.74. The van der Waals surface area contributed by atoms with Crippen molar-refractivity contribution in [1.82, 2.24) is 0 Å². The Morgan fingerprint density at radius 1 is 1.17 bits per heavy atom. The van der Waals surface area contributed by atoms with E-state index in [4.69, 9.17) is 27.9 Å². The zero-order valence-corrected chi connectivity index (χ0v) is 19.2. The molecule has 0 fully saturated rings. The van der Waals surface area contributed by atoms with E-state index in [1.165, 1.54) is 31.2 Å². The van der Waals surface area contributed by atoms with Gasteiger partial charge < -0.3 is 10.1 Å². The lowest BCUT2D eigenvalue weighted by molar-refractivity contribution is -0.116. The van der Waals surface area contributed by atoms with Crippen molar-refractivity contribution in [1.29, 1.82) is 0 Å². The first kappa shape index (κ1) is 24.0. The van der Waals surface area contributed by atoms with E-state index in [1.54, 1.807) is 26.0 Å². The molecular formula is C20H22Cl2N2O5S. The predicted molar refractivity (Wildman–Crippen MR) is 119 cm³/mol. The highest BCUT2D eigenvalue weighted by atomic mass is 35.5. The first-order valence-electron chi connectivity index (χ1n) is 8.98. The van der Waals surface area contributed by atoms with Crippen LogP contribution in [0.3, 0.4) is 0 Å². The van der Waals surface area contributed by atoms with Crippen LogP contribution in [-0.2, 0) is 19.6 Å². The number of rotatable bonds is 7. The summed E-state index contributed by atoms with van der Waals surface area (Å²) in [6.07, 6.45) is 1.02. The molecule has 7 nitrogen and oxygen atoms in total. The van der Waals surface area contributed by atoms with Crippen LogP contribution in [-0.4, -0.2) is 39.2 Å². The van der Waals surface area contributed by atoms with Gasteiger partial charge in [-0.05, 0) is 56.7 Å². The van der Waals surface area contributed by atoms with Crippen molar-refractivity contribution in [2.24, 2.45) is 0 Å². The van der Waals surface area contributed by atoms with Crippen LogP contribution >= 0.6 is 23.2 Å². The predicted octanol–water partition coefficient (Wildman–Crippen LogP) is 4.27. The van der Waals surface area contributed by atoms with Gasteiger partial charge in [-0.2, -0.15) is 0 Å². The summed E-state index contributed by atoms with van der Waals surface area (Å²) in [7, 11) is -3.80. The number of carbonyl (C=O) groups is 2. The van der Waals surface area contributed by atoms with Crippen molar-refractivity contribution in [3.63, 3.8) is 0 Å². The average Bonchev–Trinajstić information content (AvgIpc) is 2.63. The van der Waals surface area contributed by atoms with Crippen LogP contribution in [0.5, 0.6) is 0 Å². The minimum absolute atomic E-state index is 0.101. The van der Waals surface area contributed by atoms with Gasteiger partial charge in [0.1, 0.15) is 6.04 Å². The molecule has 0 heterocycles. The fourth-order valence-electron chi connectivity index (χ4n) is 2.81. The Labute approximate surface area is 186 Å². The molecule has 2 aromatic carbocycles.